The molecule has 0 spiro atoms. The summed E-state index contributed by atoms with van der Waals surface area (Å²) in [6, 6.07) is 0. The lowest BCUT2D eigenvalue weighted by Gasteiger charge is -2.19. The van der Waals surface area contributed by atoms with E-state index in [2.05, 4.69) is 0 Å². The van der Waals surface area contributed by atoms with Gasteiger partial charge >= 0.3 is 0 Å². The van der Waals surface area contributed by atoms with E-state index in [1.54, 1.807) is 0 Å². The fourth-order valence-electron chi connectivity index (χ4n) is 3.78. The van der Waals surface area contributed by atoms with Gasteiger partial charge in [0, 0.05) is 31.3 Å². The average molecular weight is 334 g/mol. The number of rotatable bonds is 8. The van der Waals surface area contributed by atoms with E-state index in [4.69, 9.17) is 0 Å². The van der Waals surface area contributed by atoms with Crippen molar-refractivity contribution in [3.8, 4) is 0 Å². The van der Waals surface area contributed by atoms with E-state index < -0.39 is 0 Å². The van der Waals surface area contributed by atoms with E-state index in [-0.39, 0.29) is 29.0 Å². The van der Waals surface area contributed by atoms with Crippen LogP contribution in [0.2, 0.25) is 0 Å². The molecule has 24 heavy (non-hydrogen) atoms. The Bertz CT molecular complexity index is 504. The van der Waals surface area contributed by atoms with E-state index in [1.165, 1.54) is 0 Å². The largest absolute Gasteiger partial charge is 0.512 e. The molecule has 0 heterocycles. The van der Waals surface area contributed by atoms with Crippen molar-refractivity contribution in [2.75, 3.05) is 0 Å². The topological polar surface area (TPSA) is 71.4 Å². The summed E-state index contributed by atoms with van der Waals surface area (Å²) in [6.45, 7) is 0. The minimum Gasteiger partial charge on any atom is -0.512 e. The molecule has 1 unspecified atom stereocenters. The molecule has 4 nitrogen and oxygen atoms in total. The molecule has 2 rings (SSSR count). The lowest BCUT2D eigenvalue weighted by Crippen LogP contribution is -2.27. The quantitative estimate of drug-likeness (QED) is 0.304. The third-order valence-electron chi connectivity index (χ3n) is 5.30. The molecular weight excluding hydrogens is 304 g/mol. The molecule has 2 aliphatic carbocycles. The summed E-state index contributed by atoms with van der Waals surface area (Å²) in [5.41, 5.74) is 0.646. The van der Waals surface area contributed by atoms with Gasteiger partial charge in [-0.1, -0.05) is 19.3 Å². The van der Waals surface area contributed by atoms with Gasteiger partial charge in [-0.15, -0.1) is 0 Å². The maximum atomic E-state index is 12.1. The highest BCUT2D eigenvalue weighted by molar-refractivity contribution is 6.02. The van der Waals surface area contributed by atoms with Gasteiger partial charge < -0.3 is 5.11 Å². The molecule has 0 aromatic carbocycles. The number of hydrogen-bond acceptors (Lipinski definition) is 4. The molecule has 2 fully saturated rings. The van der Waals surface area contributed by atoms with Gasteiger partial charge in [-0.2, -0.15) is 0 Å². The van der Waals surface area contributed by atoms with Crippen LogP contribution in [0.15, 0.2) is 11.3 Å². The molecule has 0 saturated heterocycles. The molecule has 0 bridgehead atoms. The van der Waals surface area contributed by atoms with Crippen molar-refractivity contribution >= 4 is 17.3 Å². The van der Waals surface area contributed by atoms with Crippen molar-refractivity contribution in [1.82, 2.24) is 0 Å². The summed E-state index contributed by atoms with van der Waals surface area (Å²) in [5.74, 6) is 0.326. The summed E-state index contributed by atoms with van der Waals surface area (Å²) in [5, 5.41) is 10.1. The van der Waals surface area contributed by atoms with Crippen molar-refractivity contribution in [2.24, 2.45) is 5.92 Å². The lowest BCUT2D eigenvalue weighted by atomic mass is 9.83. The Kier molecular flexibility index (Phi) is 7.67. The van der Waals surface area contributed by atoms with Gasteiger partial charge in [0.1, 0.15) is 11.6 Å². The Morgan fingerprint density at radius 3 is 2.25 bits per heavy atom. The number of aliphatic hydroxyl groups is 1. The van der Waals surface area contributed by atoms with Crippen LogP contribution in [-0.2, 0) is 14.4 Å². The fourth-order valence-corrected chi connectivity index (χ4v) is 3.78. The summed E-state index contributed by atoms with van der Waals surface area (Å²) in [7, 11) is 0. The highest BCUT2D eigenvalue weighted by Crippen LogP contribution is 2.25. The zero-order valence-corrected chi connectivity index (χ0v) is 14.6. The van der Waals surface area contributed by atoms with E-state index in [0.717, 1.165) is 57.8 Å². The van der Waals surface area contributed by atoms with Gasteiger partial charge in [0.25, 0.3) is 0 Å². The van der Waals surface area contributed by atoms with Crippen LogP contribution >= 0.6 is 0 Å². The monoisotopic (exact) mass is 334 g/mol. The predicted molar refractivity (Wildman–Crippen MR) is 92.8 cm³/mol. The van der Waals surface area contributed by atoms with Crippen molar-refractivity contribution < 1.29 is 19.5 Å². The lowest BCUT2D eigenvalue weighted by molar-refractivity contribution is -0.134. The van der Waals surface area contributed by atoms with Crippen molar-refractivity contribution in [3.63, 3.8) is 0 Å². The minimum atomic E-state index is -0.329. The number of carbonyl (C=O) groups is 3. The molecular formula is C20H30O4. The standard InChI is InChI=1S/C20H30O4/c21-17(15-9-5-7-13-19(15)23)11-3-1-2-4-12-18(22)16-10-6-8-14-20(16)24/h15,22H,1-14H2/b18-16+. The maximum absolute atomic E-state index is 12.1. The first-order valence-electron chi connectivity index (χ1n) is 9.59. The molecule has 0 aliphatic heterocycles. The number of allylic oxidation sites excluding steroid dienone is 2. The number of carbonyl (C=O) groups excluding carboxylic acids is 3. The second-order valence-corrected chi connectivity index (χ2v) is 7.20. The van der Waals surface area contributed by atoms with Crippen LogP contribution in [0, 0.1) is 5.92 Å². The van der Waals surface area contributed by atoms with E-state index in [0.29, 0.717) is 37.7 Å². The average Bonchev–Trinajstić information content (AvgIpc) is 2.58. The molecule has 2 aliphatic rings. The van der Waals surface area contributed by atoms with Crippen LogP contribution in [0.3, 0.4) is 0 Å². The Morgan fingerprint density at radius 2 is 1.54 bits per heavy atom. The van der Waals surface area contributed by atoms with Crippen molar-refractivity contribution in [2.45, 2.75) is 89.9 Å². The normalized spacial score (nSPS) is 24.1. The fraction of sp³-hybridized carbons (Fsp3) is 0.750. The van der Waals surface area contributed by atoms with E-state index in [9.17, 15) is 19.5 Å². The molecule has 4 heteroatoms. The molecule has 0 amide bonds. The number of aliphatic hydroxyl groups excluding tert-OH is 1. The predicted octanol–water partition coefficient (Wildman–Crippen LogP) is 4.61. The third kappa shape index (κ3) is 5.57. The first kappa shape index (κ1) is 18.9. The number of unbranched alkanes of at least 4 members (excludes halogenated alkanes) is 3. The van der Waals surface area contributed by atoms with Crippen LogP contribution in [0.4, 0.5) is 0 Å². The second-order valence-electron chi connectivity index (χ2n) is 7.20. The van der Waals surface area contributed by atoms with Crippen LogP contribution in [0.5, 0.6) is 0 Å². The smallest absolute Gasteiger partial charge is 0.162 e. The SMILES string of the molecule is O=C1CCCC/C1=C(\O)CCCCCCC(=O)C1CCCCC1=O. The molecule has 0 aromatic heterocycles. The number of Topliss-reactive ketones (excluding diaryl/α,β-unsaturated/α-hetero) is 3. The van der Waals surface area contributed by atoms with Gasteiger partial charge in [-0.05, 0) is 44.9 Å². The second kappa shape index (κ2) is 9.75. The first-order valence-corrected chi connectivity index (χ1v) is 9.59. The van der Waals surface area contributed by atoms with E-state index >= 15 is 0 Å². The molecule has 0 aromatic rings. The Hall–Kier alpha value is -1.45. The molecule has 1 atom stereocenters. The van der Waals surface area contributed by atoms with Gasteiger partial charge in [0.2, 0.25) is 0 Å². The molecule has 0 radical (unpaired) electrons. The van der Waals surface area contributed by atoms with Gasteiger partial charge in [0.15, 0.2) is 5.78 Å². The van der Waals surface area contributed by atoms with Crippen LogP contribution < -0.4 is 0 Å². The Morgan fingerprint density at radius 1 is 0.875 bits per heavy atom. The summed E-state index contributed by atoms with van der Waals surface area (Å²) < 4.78 is 0. The Labute approximate surface area is 144 Å². The summed E-state index contributed by atoms with van der Waals surface area (Å²) in [6.07, 6.45) is 11.1. The zero-order valence-electron chi connectivity index (χ0n) is 14.6. The van der Waals surface area contributed by atoms with Gasteiger partial charge in [-0.25, -0.2) is 0 Å². The van der Waals surface area contributed by atoms with Gasteiger partial charge in [-0.3, -0.25) is 14.4 Å². The highest BCUT2D eigenvalue weighted by Gasteiger charge is 2.27. The third-order valence-corrected chi connectivity index (χ3v) is 5.30. The van der Waals surface area contributed by atoms with Crippen LogP contribution in [-0.4, -0.2) is 22.5 Å². The van der Waals surface area contributed by atoms with Crippen LogP contribution in [0.25, 0.3) is 0 Å². The number of ketones is 3. The summed E-state index contributed by atoms with van der Waals surface area (Å²) >= 11 is 0. The Balaban J connectivity index is 1.59. The minimum absolute atomic E-state index is 0.112. The maximum Gasteiger partial charge on any atom is 0.162 e. The van der Waals surface area contributed by atoms with Crippen molar-refractivity contribution in [1.29, 1.82) is 0 Å². The van der Waals surface area contributed by atoms with Crippen molar-refractivity contribution in [3.05, 3.63) is 11.3 Å². The molecule has 2 saturated carbocycles. The van der Waals surface area contributed by atoms with Gasteiger partial charge in [0.05, 0.1) is 11.7 Å². The number of hydrogen-bond donors (Lipinski definition) is 1. The molecule has 134 valence electrons. The summed E-state index contributed by atoms with van der Waals surface area (Å²) in [4.78, 5) is 35.6. The zero-order chi connectivity index (χ0) is 17.4. The van der Waals surface area contributed by atoms with E-state index in [1.807, 2.05) is 0 Å². The molecule has 1 N–H and O–H groups in total. The van der Waals surface area contributed by atoms with Crippen LogP contribution in [0.1, 0.15) is 89.9 Å². The first-order chi connectivity index (χ1) is 11.6. The highest BCUT2D eigenvalue weighted by atomic mass is 16.3.